The van der Waals surface area contributed by atoms with Gasteiger partial charge < -0.3 is 20.1 Å². The molecule has 0 aliphatic carbocycles. The molecule has 154 valence electrons. The minimum atomic E-state index is -2.88. The van der Waals surface area contributed by atoms with Gasteiger partial charge in [-0.15, -0.1) is 0 Å². The molecule has 3 aromatic rings. The maximum Gasteiger partial charge on any atom is 0.240 e. The van der Waals surface area contributed by atoms with Crippen LogP contribution in [0, 0.1) is 0 Å². The molecule has 1 aromatic carbocycles. The van der Waals surface area contributed by atoms with Crippen LogP contribution in [-0.2, 0) is 27.5 Å². The second-order valence-electron chi connectivity index (χ2n) is 6.65. The smallest absolute Gasteiger partial charge is 0.240 e. The van der Waals surface area contributed by atoms with E-state index in [9.17, 15) is 5.11 Å². The number of nitrogen functional groups attached to an aromatic ring is 1. The molecule has 8 nitrogen and oxygen atoms in total. The lowest BCUT2D eigenvalue weighted by Crippen LogP contribution is -2.25. The summed E-state index contributed by atoms with van der Waals surface area (Å²) in [6.45, 7) is 0.00491. The second kappa shape index (κ2) is 8.43. The molecule has 0 unspecified atom stereocenters. The van der Waals surface area contributed by atoms with Gasteiger partial charge in [0.15, 0.2) is 11.5 Å². The van der Waals surface area contributed by atoms with Crippen molar-refractivity contribution in [3.05, 3.63) is 48.0 Å². The van der Waals surface area contributed by atoms with Crippen LogP contribution in [0.1, 0.15) is 24.0 Å². The van der Waals surface area contributed by atoms with E-state index >= 15 is 0 Å². The monoisotopic (exact) mass is 473 g/mol. The molecule has 1 aliphatic heterocycles. The maximum atomic E-state index is 10.3. The van der Waals surface area contributed by atoms with Crippen molar-refractivity contribution < 1.29 is 14.4 Å². The number of aliphatic hydroxyl groups is 1. The van der Waals surface area contributed by atoms with Crippen LogP contribution in [-0.4, -0.2) is 43.4 Å². The third-order valence-corrected chi connectivity index (χ3v) is 5.95. The zero-order valence-electron chi connectivity index (χ0n) is 15.1. The Morgan fingerprint density at radius 2 is 2.07 bits per heavy atom. The molecule has 2 aromatic heterocycles. The summed E-state index contributed by atoms with van der Waals surface area (Å²) in [6.07, 6.45) is 0.565. The fourth-order valence-electron chi connectivity index (χ4n) is 3.25. The molecule has 29 heavy (non-hydrogen) atoms. The van der Waals surface area contributed by atoms with Crippen LogP contribution in [0.3, 0.4) is 0 Å². The Labute approximate surface area is 181 Å². The van der Waals surface area contributed by atoms with Crippen molar-refractivity contribution in [2.75, 3.05) is 12.3 Å². The molecule has 0 radical (unpaired) electrons. The van der Waals surface area contributed by atoms with Crippen molar-refractivity contribution in [2.24, 2.45) is 0 Å². The average Bonchev–Trinajstić information content (AvgIpc) is 3.24. The number of fused-ring (bicyclic) bond motifs is 1. The molecule has 3 heterocycles. The number of imidazole rings is 1. The highest BCUT2D eigenvalue weighted by Crippen LogP contribution is 2.58. The van der Waals surface area contributed by atoms with Crippen LogP contribution >= 0.6 is 27.5 Å². The summed E-state index contributed by atoms with van der Waals surface area (Å²) in [5, 5.41) is 10.3. The Morgan fingerprint density at radius 3 is 2.79 bits per heavy atom. The van der Waals surface area contributed by atoms with Crippen molar-refractivity contribution in [3.63, 3.8) is 0 Å². The highest BCUT2D eigenvalue weighted by molar-refractivity contribution is 8.36. The molecule has 4 rings (SSSR count). The molecule has 0 spiro atoms. The summed E-state index contributed by atoms with van der Waals surface area (Å²) in [6, 6.07) is 9.86. The third-order valence-electron chi connectivity index (χ3n) is 4.60. The number of hydrogen-bond acceptors (Lipinski definition) is 8. The number of hydrogen-bond donors (Lipinski definition) is 2. The zero-order valence-corrected chi connectivity index (χ0v) is 18.3. The van der Waals surface area contributed by atoms with Crippen molar-refractivity contribution in [2.45, 2.75) is 31.3 Å². The molecule has 3 N–H and O–H groups in total. The van der Waals surface area contributed by atoms with Gasteiger partial charge in [0.05, 0.1) is 19.0 Å². The van der Waals surface area contributed by atoms with E-state index in [0.717, 1.165) is 5.56 Å². The summed E-state index contributed by atoms with van der Waals surface area (Å²) in [4.78, 5) is 10.4. The van der Waals surface area contributed by atoms with Crippen LogP contribution in [0.15, 0.2) is 36.7 Å². The van der Waals surface area contributed by atoms with Gasteiger partial charge in [-0.25, -0.2) is 15.0 Å². The lowest BCUT2D eigenvalue weighted by molar-refractivity contribution is -0.0358. The standard InChI is InChI=1S/C17H18Cl2N5O3PS/c18-28(19,29)26-8-12-11(25)7-14(27-12)24-9-21-15-16(20)22-13(23-17(15)24)6-10-4-2-1-3-5-10/h1-5,9,11-12,14,25H,6-8H2,(H2,20,22,23)/t11-,12+,14+/m0/s1. The second-order valence-corrected chi connectivity index (χ2v) is 13.9. The van der Waals surface area contributed by atoms with Gasteiger partial charge in [0.2, 0.25) is 4.97 Å². The Morgan fingerprint density at radius 1 is 1.31 bits per heavy atom. The highest BCUT2D eigenvalue weighted by Gasteiger charge is 2.37. The van der Waals surface area contributed by atoms with Crippen LogP contribution in [0.25, 0.3) is 11.2 Å². The van der Waals surface area contributed by atoms with Crippen molar-refractivity contribution >= 4 is 56.2 Å². The molecule has 0 bridgehead atoms. The largest absolute Gasteiger partial charge is 0.390 e. The maximum absolute atomic E-state index is 10.3. The van der Waals surface area contributed by atoms with Gasteiger partial charge in [-0.1, -0.05) is 30.3 Å². The van der Waals surface area contributed by atoms with E-state index in [1.165, 1.54) is 0 Å². The number of nitrogens with zero attached hydrogens (tertiary/aromatic N) is 4. The molecule has 3 atom stereocenters. The molecular formula is C17H18Cl2N5O3PS. The Balaban J connectivity index is 1.59. The van der Waals surface area contributed by atoms with E-state index in [4.69, 9.17) is 49.3 Å². The number of anilines is 1. The molecule has 0 saturated carbocycles. The number of halogens is 2. The van der Waals surface area contributed by atoms with Gasteiger partial charge in [-0.2, -0.15) is 0 Å². The van der Waals surface area contributed by atoms with Gasteiger partial charge in [0, 0.05) is 12.8 Å². The van der Waals surface area contributed by atoms with Gasteiger partial charge >= 0.3 is 0 Å². The first-order chi connectivity index (χ1) is 13.8. The molecule has 1 saturated heterocycles. The van der Waals surface area contributed by atoms with Crippen molar-refractivity contribution in [3.8, 4) is 0 Å². The van der Waals surface area contributed by atoms with Crippen LogP contribution in [0.2, 0.25) is 0 Å². The van der Waals surface area contributed by atoms with E-state index in [2.05, 4.69) is 15.0 Å². The van der Waals surface area contributed by atoms with E-state index in [1.54, 1.807) is 10.9 Å². The van der Waals surface area contributed by atoms with Crippen molar-refractivity contribution in [1.29, 1.82) is 0 Å². The summed E-state index contributed by atoms with van der Waals surface area (Å²) in [7, 11) is 0. The van der Waals surface area contributed by atoms with E-state index in [0.29, 0.717) is 35.6 Å². The minimum absolute atomic E-state index is 0.00491. The number of ether oxygens (including phenoxy) is 1. The lowest BCUT2D eigenvalue weighted by Gasteiger charge is -2.17. The van der Waals surface area contributed by atoms with E-state index in [-0.39, 0.29) is 6.61 Å². The SMILES string of the molecule is Nc1nc(Cc2ccccc2)nc2c1ncn2[C@H]1C[C@H](O)[C@@H](COP(=S)(Cl)Cl)O1. The minimum Gasteiger partial charge on any atom is -0.390 e. The summed E-state index contributed by atoms with van der Waals surface area (Å²) in [5.74, 6) is 0.870. The van der Waals surface area contributed by atoms with Crippen LogP contribution in [0.4, 0.5) is 5.82 Å². The first-order valence-corrected chi connectivity index (χ1v) is 13.3. The first-order valence-electron chi connectivity index (χ1n) is 8.80. The number of benzene rings is 1. The molecule has 0 amide bonds. The number of rotatable bonds is 6. The number of aromatic nitrogens is 4. The molecule has 1 fully saturated rings. The summed E-state index contributed by atoms with van der Waals surface area (Å²) >= 11 is 16.4. The third kappa shape index (κ3) is 4.88. The van der Waals surface area contributed by atoms with Gasteiger partial charge in [0.25, 0.3) is 0 Å². The predicted molar refractivity (Wildman–Crippen MR) is 115 cm³/mol. The number of nitrogens with two attached hydrogens (primary N) is 1. The topological polar surface area (TPSA) is 108 Å². The van der Waals surface area contributed by atoms with E-state index in [1.807, 2.05) is 30.3 Å². The average molecular weight is 474 g/mol. The van der Waals surface area contributed by atoms with Crippen LogP contribution < -0.4 is 5.73 Å². The van der Waals surface area contributed by atoms with E-state index < -0.39 is 23.4 Å². The summed E-state index contributed by atoms with van der Waals surface area (Å²) < 4.78 is 12.9. The molecule has 1 aliphatic rings. The highest BCUT2D eigenvalue weighted by atomic mass is 35.9. The van der Waals surface area contributed by atoms with Gasteiger partial charge in [-0.3, -0.25) is 4.57 Å². The fourth-order valence-corrected chi connectivity index (χ4v) is 4.09. The Bertz CT molecular complexity index is 1060. The summed E-state index contributed by atoms with van der Waals surface area (Å²) in [5.41, 5.74) is 8.19. The predicted octanol–water partition coefficient (Wildman–Crippen LogP) is 3.37. The van der Waals surface area contributed by atoms with Crippen molar-refractivity contribution in [1.82, 2.24) is 19.5 Å². The first kappa shape index (κ1) is 20.9. The lowest BCUT2D eigenvalue weighted by atomic mass is 10.1. The van der Waals surface area contributed by atoms with Gasteiger partial charge in [0.1, 0.15) is 23.7 Å². The quantitative estimate of drug-likeness (QED) is 0.524. The molecule has 12 heteroatoms. The Kier molecular flexibility index (Phi) is 6.09. The zero-order chi connectivity index (χ0) is 20.6. The van der Waals surface area contributed by atoms with Gasteiger partial charge in [-0.05, 0) is 39.9 Å². The normalized spacial score (nSPS) is 22.4. The fraction of sp³-hybridized carbons (Fsp3) is 0.353. The Hall–Kier alpha value is -1.32. The van der Waals surface area contributed by atoms with Crippen LogP contribution in [0.5, 0.6) is 0 Å². The number of aliphatic hydroxyl groups excluding tert-OH is 1. The molecular weight excluding hydrogens is 456 g/mol.